The van der Waals surface area contributed by atoms with Crippen LogP contribution in [0.5, 0.6) is 11.5 Å². The Balaban J connectivity index is 1.47. The number of carbonyl (C=O) groups is 1. The van der Waals surface area contributed by atoms with E-state index >= 15 is 0 Å². The van der Waals surface area contributed by atoms with E-state index in [1.54, 1.807) is 18.2 Å². The Morgan fingerprint density at radius 3 is 2.54 bits per heavy atom. The average molecular weight is 353 g/mol. The van der Waals surface area contributed by atoms with E-state index in [2.05, 4.69) is 34.3 Å². The molecule has 0 aliphatic carbocycles. The third-order valence-electron chi connectivity index (χ3n) is 4.96. The molecule has 1 fully saturated rings. The number of hydrogen-bond acceptors (Lipinski definition) is 5. The summed E-state index contributed by atoms with van der Waals surface area (Å²) in [5, 5.41) is 2.99. The van der Waals surface area contributed by atoms with Gasteiger partial charge in [-0.1, -0.05) is 0 Å². The number of nitrogens with one attached hydrogen (secondary N) is 1. The van der Waals surface area contributed by atoms with Crippen molar-refractivity contribution < 1.29 is 14.3 Å². The van der Waals surface area contributed by atoms with Crippen LogP contribution in [0.15, 0.2) is 36.4 Å². The van der Waals surface area contributed by atoms with Gasteiger partial charge in [-0.2, -0.15) is 0 Å². The molecular weight excluding hydrogens is 330 g/mol. The van der Waals surface area contributed by atoms with Gasteiger partial charge in [0, 0.05) is 43.1 Å². The Morgan fingerprint density at radius 1 is 1.00 bits per heavy atom. The van der Waals surface area contributed by atoms with Crippen LogP contribution in [0.2, 0.25) is 0 Å². The number of ether oxygens (including phenoxy) is 2. The summed E-state index contributed by atoms with van der Waals surface area (Å²) < 4.78 is 10.6. The summed E-state index contributed by atoms with van der Waals surface area (Å²) in [4.78, 5) is 17.3. The predicted molar refractivity (Wildman–Crippen MR) is 101 cm³/mol. The van der Waals surface area contributed by atoms with Crippen molar-refractivity contribution in [3.63, 3.8) is 0 Å². The van der Waals surface area contributed by atoms with E-state index in [1.807, 2.05) is 13.0 Å². The minimum atomic E-state index is -0.154. The van der Waals surface area contributed by atoms with Gasteiger partial charge in [0.2, 0.25) is 6.79 Å². The van der Waals surface area contributed by atoms with Crippen LogP contribution in [-0.4, -0.2) is 50.8 Å². The van der Waals surface area contributed by atoms with Crippen molar-refractivity contribution in [3.8, 4) is 11.5 Å². The lowest BCUT2D eigenvalue weighted by Crippen LogP contribution is -2.44. The zero-order valence-corrected chi connectivity index (χ0v) is 15.1. The minimum Gasteiger partial charge on any atom is -0.454 e. The smallest absolute Gasteiger partial charge is 0.255 e. The molecule has 0 atom stereocenters. The van der Waals surface area contributed by atoms with Gasteiger partial charge in [0.1, 0.15) is 0 Å². The molecule has 2 aliphatic heterocycles. The summed E-state index contributed by atoms with van der Waals surface area (Å²) in [6, 6.07) is 11.4. The first-order valence-corrected chi connectivity index (χ1v) is 8.85. The summed E-state index contributed by atoms with van der Waals surface area (Å²) in [6.45, 7) is 6.42. The highest BCUT2D eigenvalue weighted by Crippen LogP contribution is 2.33. The van der Waals surface area contributed by atoms with Crippen LogP contribution in [0.1, 0.15) is 15.9 Å². The van der Waals surface area contributed by atoms with Crippen molar-refractivity contribution in [2.24, 2.45) is 0 Å². The molecule has 26 heavy (non-hydrogen) atoms. The Labute approximate surface area is 153 Å². The Hall–Kier alpha value is -2.73. The lowest BCUT2D eigenvalue weighted by Gasteiger charge is -2.34. The number of carbonyl (C=O) groups excluding carboxylic acids is 1. The van der Waals surface area contributed by atoms with Crippen molar-refractivity contribution in [2.75, 3.05) is 50.2 Å². The molecule has 1 amide bonds. The molecule has 136 valence electrons. The monoisotopic (exact) mass is 353 g/mol. The molecule has 6 heteroatoms. The lowest BCUT2D eigenvalue weighted by atomic mass is 10.1. The third-order valence-corrected chi connectivity index (χ3v) is 4.96. The largest absolute Gasteiger partial charge is 0.454 e. The summed E-state index contributed by atoms with van der Waals surface area (Å²) in [5.74, 6) is 1.13. The summed E-state index contributed by atoms with van der Waals surface area (Å²) in [6.07, 6.45) is 0. The maximum Gasteiger partial charge on any atom is 0.255 e. The highest BCUT2D eigenvalue weighted by atomic mass is 16.7. The quantitative estimate of drug-likeness (QED) is 0.920. The molecule has 0 bridgehead atoms. The number of nitrogens with zero attached hydrogens (tertiary/aromatic N) is 2. The van der Waals surface area contributed by atoms with E-state index in [9.17, 15) is 4.79 Å². The van der Waals surface area contributed by atoms with Gasteiger partial charge >= 0.3 is 0 Å². The molecule has 0 radical (unpaired) electrons. The van der Waals surface area contributed by atoms with Crippen molar-refractivity contribution >= 4 is 17.3 Å². The lowest BCUT2D eigenvalue weighted by molar-refractivity contribution is 0.102. The number of anilines is 2. The van der Waals surface area contributed by atoms with E-state index in [1.165, 1.54) is 5.69 Å². The van der Waals surface area contributed by atoms with Crippen LogP contribution in [-0.2, 0) is 0 Å². The normalized spacial score (nSPS) is 16.6. The zero-order chi connectivity index (χ0) is 18.1. The van der Waals surface area contributed by atoms with Crippen LogP contribution in [0.4, 0.5) is 11.4 Å². The molecule has 0 aromatic heterocycles. The molecule has 0 spiro atoms. The fraction of sp³-hybridized carbons (Fsp3) is 0.350. The Kier molecular flexibility index (Phi) is 4.42. The number of fused-ring (bicyclic) bond motifs is 1. The molecule has 2 aromatic rings. The first-order chi connectivity index (χ1) is 12.6. The zero-order valence-electron chi connectivity index (χ0n) is 15.1. The second kappa shape index (κ2) is 6.88. The Bertz CT molecular complexity index is 829. The summed E-state index contributed by atoms with van der Waals surface area (Å²) >= 11 is 0. The maximum atomic E-state index is 12.6. The Morgan fingerprint density at radius 2 is 1.77 bits per heavy atom. The van der Waals surface area contributed by atoms with Gasteiger partial charge in [-0.15, -0.1) is 0 Å². The molecular formula is C20H23N3O3. The highest BCUT2D eigenvalue weighted by molar-refractivity contribution is 6.05. The fourth-order valence-corrected chi connectivity index (χ4v) is 3.28. The second-order valence-corrected chi connectivity index (χ2v) is 6.81. The second-order valence-electron chi connectivity index (χ2n) is 6.81. The van der Waals surface area contributed by atoms with Gasteiger partial charge in [0.15, 0.2) is 11.5 Å². The highest BCUT2D eigenvalue weighted by Gasteiger charge is 2.18. The van der Waals surface area contributed by atoms with Crippen LogP contribution in [0.3, 0.4) is 0 Å². The van der Waals surface area contributed by atoms with Gasteiger partial charge < -0.3 is 24.6 Å². The van der Waals surface area contributed by atoms with Gasteiger partial charge in [0.05, 0.1) is 0 Å². The van der Waals surface area contributed by atoms with Gasteiger partial charge in [0.25, 0.3) is 5.91 Å². The van der Waals surface area contributed by atoms with Crippen LogP contribution in [0, 0.1) is 6.92 Å². The van der Waals surface area contributed by atoms with Gasteiger partial charge in [-0.05, 0) is 55.9 Å². The van der Waals surface area contributed by atoms with Crippen molar-refractivity contribution in [1.82, 2.24) is 4.90 Å². The molecule has 6 nitrogen and oxygen atoms in total. The third kappa shape index (κ3) is 3.32. The van der Waals surface area contributed by atoms with Crippen LogP contribution < -0.4 is 19.7 Å². The van der Waals surface area contributed by atoms with Crippen LogP contribution in [0.25, 0.3) is 0 Å². The molecule has 4 rings (SSSR count). The number of benzene rings is 2. The molecule has 0 saturated carbocycles. The SMILES string of the molecule is Cc1cc(N2CCN(C)CC2)ccc1NC(=O)c1ccc2c(c1)OCO2. The van der Waals surface area contributed by atoms with Crippen LogP contribution >= 0.6 is 0 Å². The number of piperazine rings is 1. The number of amides is 1. The molecule has 2 aromatic carbocycles. The number of hydrogen-bond donors (Lipinski definition) is 1. The average Bonchev–Trinajstić information content (AvgIpc) is 3.11. The van der Waals surface area contributed by atoms with Crippen molar-refractivity contribution in [3.05, 3.63) is 47.5 Å². The van der Waals surface area contributed by atoms with Crippen molar-refractivity contribution in [2.45, 2.75) is 6.92 Å². The molecule has 1 saturated heterocycles. The molecule has 2 aliphatic rings. The first-order valence-electron chi connectivity index (χ1n) is 8.85. The van der Waals surface area contributed by atoms with E-state index in [-0.39, 0.29) is 12.7 Å². The number of aryl methyl sites for hydroxylation is 1. The number of rotatable bonds is 3. The van der Waals surface area contributed by atoms with Gasteiger partial charge in [-0.25, -0.2) is 0 Å². The topological polar surface area (TPSA) is 54.0 Å². The standard InChI is InChI=1S/C20H23N3O3/c1-14-11-16(23-9-7-22(2)8-10-23)4-5-17(14)21-20(24)15-3-6-18-19(12-15)26-13-25-18/h3-6,11-12H,7-10,13H2,1-2H3,(H,21,24). The van der Waals surface area contributed by atoms with E-state index in [0.717, 1.165) is 37.4 Å². The van der Waals surface area contributed by atoms with E-state index < -0.39 is 0 Å². The maximum absolute atomic E-state index is 12.6. The summed E-state index contributed by atoms with van der Waals surface area (Å²) in [7, 11) is 2.15. The summed E-state index contributed by atoms with van der Waals surface area (Å²) in [5.41, 5.74) is 3.63. The predicted octanol–water partition coefficient (Wildman–Crippen LogP) is 2.73. The molecule has 2 heterocycles. The molecule has 0 unspecified atom stereocenters. The fourth-order valence-electron chi connectivity index (χ4n) is 3.28. The minimum absolute atomic E-state index is 0.154. The molecule has 1 N–H and O–H groups in total. The first kappa shape index (κ1) is 16.7. The van der Waals surface area contributed by atoms with Crippen molar-refractivity contribution in [1.29, 1.82) is 0 Å². The van der Waals surface area contributed by atoms with Gasteiger partial charge in [-0.3, -0.25) is 4.79 Å². The number of likely N-dealkylation sites (N-methyl/N-ethyl adjacent to an activating group) is 1. The van der Waals surface area contributed by atoms with E-state index in [0.29, 0.717) is 17.1 Å². The van der Waals surface area contributed by atoms with E-state index in [4.69, 9.17) is 9.47 Å².